The van der Waals surface area contributed by atoms with E-state index in [1.165, 1.54) is 30.5 Å². The number of nitrogens with one attached hydrogen (secondary N) is 1. The van der Waals surface area contributed by atoms with Crippen LogP contribution >= 0.6 is 0 Å². The zero-order valence-electron chi connectivity index (χ0n) is 16.6. The molecule has 1 N–H and O–H groups in total. The number of benzene rings is 2. The average molecular weight is 362 g/mol. The van der Waals surface area contributed by atoms with E-state index in [1.807, 2.05) is 36.4 Å². The Morgan fingerprint density at radius 2 is 1.74 bits per heavy atom. The van der Waals surface area contributed by atoms with Crippen molar-refractivity contribution in [2.45, 2.75) is 58.4 Å². The highest BCUT2D eigenvalue weighted by atomic mass is 16.1. The molecule has 0 spiro atoms. The van der Waals surface area contributed by atoms with Crippen LogP contribution in [0.25, 0.3) is 0 Å². The number of Topliss-reactive ketones (excluding diaryl/α,β-unsaturated/α-hetero) is 1. The average Bonchev–Trinajstić information content (AvgIpc) is 2.73. The van der Waals surface area contributed by atoms with Crippen molar-refractivity contribution in [3.05, 3.63) is 83.1 Å². The number of hydrogen-bond acceptors (Lipinski definition) is 2. The highest BCUT2D eigenvalue weighted by Crippen LogP contribution is 2.35. The molecule has 0 saturated heterocycles. The zero-order valence-corrected chi connectivity index (χ0v) is 16.6. The van der Waals surface area contributed by atoms with Crippen molar-refractivity contribution < 1.29 is 4.79 Å². The van der Waals surface area contributed by atoms with Gasteiger partial charge in [-0.25, -0.2) is 0 Å². The molecule has 0 unspecified atom stereocenters. The molecule has 1 aliphatic rings. The maximum Gasteiger partial charge on any atom is 0.190 e. The molecule has 0 amide bonds. The molecule has 0 fully saturated rings. The van der Waals surface area contributed by atoms with Gasteiger partial charge in [-0.05, 0) is 44.1 Å². The molecular formula is C25H31NO. The molecule has 0 radical (unpaired) electrons. The third-order valence-corrected chi connectivity index (χ3v) is 5.60. The highest BCUT2D eigenvalue weighted by molar-refractivity contribution is 6.09. The van der Waals surface area contributed by atoms with Gasteiger partial charge in [-0.15, -0.1) is 0 Å². The number of allylic oxidation sites excluding steroid dienone is 2. The molecule has 1 aliphatic carbocycles. The van der Waals surface area contributed by atoms with E-state index in [-0.39, 0.29) is 11.8 Å². The number of carbonyl (C=O) groups excluding carboxylic acids is 1. The molecule has 2 nitrogen and oxygen atoms in total. The summed E-state index contributed by atoms with van der Waals surface area (Å²) in [6.07, 6.45) is 6.72. The lowest BCUT2D eigenvalue weighted by Gasteiger charge is -2.32. The van der Waals surface area contributed by atoms with E-state index in [1.54, 1.807) is 0 Å². The summed E-state index contributed by atoms with van der Waals surface area (Å²) < 4.78 is 0. The Morgan fingerprint density at radius 1 is 1.07 bits per heavy atom. The first-order valence-corrected chi connectivity index (χ1v) is 10.3. The fraction of sp³-hybridized carbons (Fsp3) is 0.400. The van der Waals surface area contributed by atoms with Crippen LogP contribution in [-0.4, -0.2) is 5.78 Å². The van der Waals surface area contributed by atoms with Crippen LogP contribution in [0.3, 0.4) is 0 Å². The smallest absolute Gasteiger partial charge is 0.190 e. The molecule has 2 heteroatoms. The Kier molecular flexibility index (Phi) is 6.86. The summed E-state index contributed by atoms with van der Waals surface area (Å²) in [5.41, 5.74) is 4.25. The van der Waals surface area contributed by atoms with E-state index < -0.39 is 0 Å². The van der Waals surface area contributed by atoms with Gasteiger partial charge < -0.3 is 5.32 Å². The van der Waals surface area contributed by atoms with Crippen LogP contribution in [-0.2, 0) is 0 Å². The van der Waals surface area contributed by atoms with Crippen molar-refractivity contribution in [2.75, 3.05) is 0 Å². The molecule has 0 saturated carbocycles. The Labute approximate surface area is 163 Å². The lowest BCUT2D eigenvalue weighted by molar-refractivity contribution is 0.102. The summed E-state index contributed by atoms with van der Waals surface area (Å²) in [5, 5.41) is 3.75. The minimum Gasteiger partial charge on any atom is -0.381 e. The number of rotatable bonds is 8. The highest BCUT2D eigenvalue weighted by Gasteiger charge is 2.28. The third-order valence-electron chi connectivity index (χ3n) is 5.60. The van der Waals surface area contributed by atoms with Gasteiger partial charge in [-0.2, -0.15) is 0 Å². The summed E-state index contributed by atoms with van der Waals surface area (Å²) in [6, 6.07) is 20.4. The lowest BCUT2D eigenvalue weighted by Crippen LogP contribution is -2.30. The van der Waals surface area contributed by atoms with Crippen LogP contribution in [0.5, 0.6) is 0 Å². The van der Waals surface area contributed by atoms with Crippen LogP contribution in [0.1, 0.15) is 74.3 Å². The molecule has 0 aromatic heterocycles. The van der Waals surface area contributed by atoms with Crippen LogP contribution in [0, 0.1) is 5.92 Å². The topological polar surface area (TPSA) is 29.1 Å². The lowest BCUT2D eigenvalue weighted by atomic mass is 9.81. The van der Waals surface area contributed by atoms with Gasteiger partial charge in [0.05, 0.1) is 0 Å². The van der Waals surface area contributed by atoms with Crippen molar-refractivity contribution in [2.24, 2.45) is 5.92 Å². The van der Waals surface area contributed by atoms with Crippen LogP contribution in [0.4, 0.5) is 0 Å². The quantitative estimate of drug-likeness (QED) is 0.546. The van der Waals surface area contributed by atoms with Crippen molar-refractivity contribution in [3.8, 4) is 0 Å². The SMILES string of the molecule is CCCC[C@@H]1CCCC(C(=O)c2ccccc2)=C1N[C@H](C)c1ccccc1. The summed E-state index contributed by atoms with van der Waals surface area (Å²) in [4.78, 5) is 13.2. The summed E-state index contributed by atoms with van der Waals surface area (Å²) >= 11 is 0. The molecule has 0 aliphatic heterocycles. The van der Waals surface area contributed by atoms with Gasteiger partial charge >= 0.3 is 0 Å². The molecule has 2 aromatic carbocycles. The summed E-state index contributed by atoms with van der Waals surface area (Å²) in [5.74, 6) is 0.659. The van der Waals surface area contributed by atoms with Crippen molar-refractivity contribution in [3.63, 3.8) is 0 Å². The largest absolute Gasteiger partial charge is 0.381 e. The van der Waals surface area contributed by atoms with Crippen LogP contribution in [0.2, 0.25) is 0 Å². The molecule has 0 bridgehead atoms. The standard InChI is InChI=1S/C25H31NO/c1-3-4-12-21-17-11-18-23(25(27)22-15-9-6-10-16-22)24(21)26-19(2)20-13-7-5-8-14-20/h5-10,13-16,19,21,26H,3-4,11-12,17-18H2,1-2H3/t19-,21-/m1/s1. The number of hydrogen-bond donors (Lipinski definition) is 1. The van der Waals surface area contributed by atoms with E-state index in [9.17, 15) is 4.79 Å². The fourth-order valence-electron chi connectivity index (χ4n) is 4.05. The van der Waals surface area contributed by atoms with Gasteiger partial charge in [-0.3, -0.25) is 4.79 Å². The molecule has 27 heavy (non-hydrogen) atoms. The van der Waals surface area contributed by atoms with Gasteiger partial charge in [0.1, 0.15) is 0 Å². The fourth-order valence-corrected chi connectivity index (χ4v) is 4.05. The van der Waals surface area contributed by atoms with E-state index >= 15 is 0 Å². The monoisotopic (exact) mass is 361 g/mol. The van der Waals surface area contributed by atoms with E-state index in [2.05, 4.69) is 43.4 Å². The second kappa shape index (κ2) is 9.55. The zero-order chi connectivity index (χ0) is 19.1. The van der Waals surface area contributed by atoms with Crippen molar-refractivity contribution in [1.82, 2.24) is 5.32 Å². The Hall–Kier alpha value is -2.35. The Bertz CT molecular complexity index is 763. The van der Waals surface area contributed by atoms with Gasteiger partial charge in [0, 0.05) is 22.9 Å². The molecule has 3 rings (SSSR count). The predicted octanol–water partition coefficient (Wildman–Crippen LogP) is 6.46. The maximum atomic E-state index is 13.2. The first-order valence-electron chi connectivity index (χ1n) is 10.3. The second-order valence-corrected chi connectivity index (χ2v) is 7.60. The minimum atomic E-state index is 0.194. The van der Waals surface area contributed by atoms with Gasteiger partial charge in [0.25, 0.3) is 0 Å². The van der Waals surface area contributed by atoms with Crippen LogP contribution in [0.15, 0.2) is 71.9 Å². The van der Waals surface area contributed by atoms with E-state index in [0.29, 0.717) is 5.92 Å². The first kappa shape index (κ1) is 19.4. The Balaban J connectivity index is 1.93. The first-order chi connectivity index (χ1) is 13.2. The molecule has 0 heterocycles. The van der Waals surface area contributed by atoms with E-state index in [4.69, 9.17) is 0 Å². The van der Waals surface area contributed by atoms with Crippen LogP contribution < -0.4 is 5.32 Å². The number of carbonyl (C=O) groups is 1. The molecule has 2 atom stereocenters. The number of ketones is 1. The number of unbranched alkanes of at least 4 members (excludes halogenated alkanes) is 1. The minimum absolute atomic E-state index is 0.194. The molecule has 142 valence electrons. The Morgan fingerprint density at radius 3 is 2.41 bits per heavy atom. The van der Waals surface area contributed by atoms with E-state index in [0.717, 1.165) is 30.4 Å². The van der Waals surface area contributed by atoms with Crippen molar-refractivity contribution >= 4 is 5.78 Å². The van der Waals surface area contributed by atoms with Gasteiger partial charge in [-0.1, -0.05) is 80.4 Å². The predicted molar refractivity (Wildman–Crippen MR) is 113 cm³/mol. The van der Waals surface area contributed by atoms with Crippen molar-refractivity contribution in [1.29, 1.82) is 0 Å². The van der Waals surface area contributed by atoms with Gasteiger partial charge in [0.15, 0.2) is 5.78 Å². The third kappa shape index (κ3) is 4.88. The molecular weight excluding hydrogens is 330 g/mol. The summed E-state index contributed by atoms with van der Waals surface area (Å²) in [7, 11) is 0. The second-order valence-electron chi connectivity index (χ2n) is 7.60. The summed E-state index contributed by atoms with van der Waals surface area (Å²) in [6.45, 7) is 4.43. The van der Waals surface area contributed by atoms with Gasteiger partial charge in [0.2, 0.25) is 0 Å². The normalized spacial score (nSPS) is 18.2. The molecule has 2 aromatic rings. The maximum absolute atomic E-state index is 13.2.